The summed E-state index contributed by atoms with van der Waals surface area (Å²) in [7, 11) is 6.16. The molecule has 3 aromatic rings. The number of hydrogen-bond acceptors (Lipinski definition) is 5. The highest BCUT2D eigenvalue weighted by atomic mass is 15.3. The van der Waals surface area contributed by atoms with Gasteiger partial charge < -0.3 is 10.2 Å². The van der Waals surface area contributed by atoms with Gasteiger partial charge in [0.25, 0.3) is 0 Å². The molecule has 0 aliphatic carbocycles. The van der Waals surface area contributed by atoms with Gasteiger partial charge in [-0.1, -0.05) is 36.8 Å². The van der Waals surface area contributed by atoms with Gasteiger partial charge >= 0.3 is 0 Å². The van der Waals surface area contributed by atoms with Crippen molar-refractivity contribution in [1.82, 2.24) is 24.6 Å². The molecule has 0 unspecified atom stereocenters. The van der Waals surface area contributed by atoms with E-state index in [2.05, 4.69) is 83.6 Å². The molecule has 0 amide bonds. The molecule has 1 N–H and O–H groups in total. The molecule has 2 heterocycles. The molecule has 6 nitrogen and oxygen atoms in total. The molecule has 0 aliphatic heterocycles. The first-order chi connectivity index (χ1) is 13.4. The van der Waals surface area contributed by atoms with Gasteiger partial charge in [-0.2, -0.15) is 5.10 Å². The largest absolute Gasteiger partial charge is 0.368 e. The smallest absolute Gasteiger partial charge is 0.130 e. The highest BCUT2D eigenvalue weighted by Crippen LogP contribution is 2.23. The molecule has 0 radical (unpaired) electrons. The fourth-order valence-corrected chi connectivity index (χ4v) is 3.32. The molecule has 0 bridgehead atoms. The summed E-state index contributed by atoms with van der Waals surface area (Å²) in [5.74, 6) is 1.58. The lowest BCUT2D eigenvalue weighted by Gasteiger charge is -2.25. The molecule has 2 aromatic heterocycles. The van der Waals surface area contributed by atoms with Crippen LogP contribution in [0.4, 0.5) is 5.82 Å². The van der Waals surface area contributed by atoms with E-state index < -0.39 is 0 Å². The minimum absolute atomic E-state index is 0.253. The molecular formula is C22H30N6. The average Bonchev–Trinajstić information content (AvgIpc) is 3.03. The zero-order valence-corrected chi connectivity index (χ0v) is 17.7. The van der Waals surface area contributed by atoms with Crippen LogP contribution in [0.3, 0.4) is 0 Å². The monoisotopic (exact) mass is 378 g/mol. The lowest BCUT2D eigenvalue weighted by Crippen LogP contribution is -2.27. The summed E-state index contributed by atoms with van der Waals surface area (Å²) in [6, 6.07) is 13.1. The summed E-state index contributed by atoms with van der Waals surface area (Å²) < 4.78 is 1.89. The first-order valence-corrected chi connectivity index (χ1v) is 9.73. The maximum absolute atomic E-state index is 4.62. The normalized spacial score (nSPS) is 12.4. The van der Waals surface area contributed by atoms with Gasteiger partial charge in [0, 0.05) is 19.7 Å². The van der Waals surface area contributed by atoms with E-state index in [-0.39, 0.29) is 6.04 Å². The lowest BCUT2D eigenvalue weighted by atomic mass is 10.0. The Hall–Kier alpha value is -2.73. The number of aryl methyl sites for hydroxylation is 4. The van der Waals surface area contributed by atoms with Crippen LogP contribution in [0.5, 0.6) is 0 Å². The predicted octanol–water partition coefficient (Wildman–Crippen LogP) is 3.77. The van der Waals surface area contributed by atoms with Crippen LogP contribution in [0, 0.1) is 13.8 Å². The molecule has 28 heavy (non-hydrogen) atoms. The van der Waals surface area contributed by atoms with Crippen LogP contribution in [0.15, 0.2) is 36.4 Å². The van der Waals surface area contributed by atoms with E-state index in [1.54, 1.807) is 0 Å². The van der Waals surface area contributed by atoms with Crippen molar-refractivity contribution in [1.29, 1.82) is 0 Å². The fraction of sp³-hybridized carbons (Fsp3) is 0.409. The number of rotatable bonds is 7. The SMILES string of the molecule is CCc1cc(-c2cc(NC[C@@H](c3ccc(C)cc3)N(C)C)nc(C)n2)n(C)n1. The molecule has 3 rings (SSSR count). The van der Waals surface area contributed by atoms with Crippen molar-refractivity contribution in [2.24, 2.45) is 7.05 Å². The Morgan fingerprint density at radius 1 is 1.07 bits per heavy atom. The van der Waals surface area contributed by atoms with E-state index in [1.165, 1.54) is 11.1 Å². The number of nitrogens with zero attached hydrogens (tertiary/aromatic N) is 5. The quantitative estimate of drug-likeness (QED) is 0.678. The Morgan fingerprint density at radius 3 is 2.39 bits per heavy atom. The molecular weight excluding hydrogens is 348 g/mol. The van der Waals surface area contributed by atoms with Crippen LogP contribution < -0.4 is 5.32 Å². The van der Waals surface area contributed by atoms with Crippen molar-refractivity contribution < 1.29 is 0 Å². The number of nitrogens with one attached hydrogen (secondary N) is 1. The number of aromatic nitrogens is 4. The Morgan fingerprint density at radius 2 is 1.79 bits per heavy atom. The second kappa shape index (κ2) is 8.52. The first kappa shape index (κ1) is 20.0. The number of hydrogen-bond donors (Lipinski definition) is 1. The second-order valence-electron chi connectivity index (χ2n) is 7.45. The Bertz CT molecular complexity index is 927. The zero-order valence-electron chi connectivity index (χ0n) is 17.7. The van der Waals surface area contributed by atoms with Gasteiger partial charge in [-0.25, -0.2) is 9.97 Å². The molecule has 0 fully saturated rings. The van der Waals surface area contributed by atoms with Crippen LogP contribution in [0.25, 0.3) is 11.4 Å². The van der Waals surface area contributed by atoms with Crippen LogP contribution in [0.1, 0.15) is 35.6 Å². The number of benzene rings is 1. The molecule has 6 heteroatoms. The number of likely N-dealkylation sites (N-methyl/N-ethyl adjacent to an activating group) is 1. The van der Waals surface area contributed by atoms with Crippen molar-refractivity contribution in [3.63, 3.8) is 0 Å². The Balaban J connectivity index is 1.82. The summed E-state index contributed by atoms with van der Waals surface area (Å²) >= 11 is 0. The van der Waals surface area contributed by atoms with E-state index in [9.17, 15) is 0 Å². The summed E-state index contributed by atoms with van der Waals surface area (Å²) in [4.78, 5) is 11.4. The Kier molecular flexibility index (Phi) is 6.09. The van der Waals surface area contributed by atoms with Crippen molar-refractivity contribution in [3.8, 4) is 11.4 Å². The van der Waals surface area contributed by atoms with E-state index in [0.717, 1.165) is 41.7 Å². The van der Waals surface area contributed by atoms with Gasteiger partial charge in [-0.3, -0.25) is 4.68 Å². The van der Waals surface area contributed by atoms with Crippen molar-refractivity contribution in [3.05, 3.63) is 59.0 Å². The first-order valence-electron chi connectivity index (χ1n) is 9.73. The van der Waals surface area contributed by atoms with E-state index in [4.69, 9.17) is 0 Å². The van der Waals surface area contributed by atoms with Crippen molar-refractivity contribution in [2.75, 3.05) is 26.0 Å². The van der Waals surface area contributed by atoms with Crippen LogP contribution in [-0.4, -0.2) is 45.3 Å². The van der Waals surface area contributed by atoms with Gasteiger partial charge in [-0.15, -0.1) is 0 Å². The maximum Gasteiger partial charge on any atom is 0.130 e. The summed E-state index contributed by atoms with van der Waals surface area (Å²) in [6.07, 6.45) is 0.907. The van der Waals surface area contributed by atoms with E-state index in [1.807, 2.05) is 24.7 Å². The molecule has 0 saturated carbocycles. The van der Waals surface area contributed by atoms with Gasteiger partial charge in [-0.05, 0) is 46.0 Å². The molecule has 1 aromatic carbocycles. The Labute approximate surface area is 167 Å². The highest BCUT2D eigenvalue weighted by Gasteiger charge is 2.15. The van der Waals surface area contributed by atoms with Crippen LogP contribution in [0.2, 0.25) is 0 Å². The number of anilines is 1. The highest BCUT2D eigenvalue weighted by molar-refractivity contribution is 5.59. The second-order valence-corrected chi connectivity index (χ2v) is 7.45. The summed E-state index contributed by atoms with van der Waals surface area (Å²) in [6.45, 7) is 6.91. The van der Waals surface area contributed by atoms with Gasteiger partial charge in [0.2, 0.25) is 0 Å². The van der Waals surface area contributed by atoms with E-state index >= 15 is 0 Å². The van der Waals surface area contributed by atoms with Gasteiger partial charge in [0.1, 0.15) is 11.6 Å². The van der Waals surface area contributed by atoms with Gasteiger partial charge in [0.15, 0.2) is 0 Å². The lowest BCUT2D eigenvalue weighted by molar-refractivity contribution is 0.311. The maximum atomic E-state index is 4.62. The van der Waals surface area contributed by atoms with Crippen LogP contribution >= 0.6 is 0 Å². The third-order valence-electron chi connectivity index (χ3n) is 4.96. The van der Waals surface area contributed by atoms with Crippen LogP contribution in [-0.2, 0) is 13.5 Å². The standard InChI is InChI=1S/C22H30N6/c1-7-18-12-20(28(6)26-18)19-13-22(25-16(3)24-19)23-14-21(27(4)5)17-10-8-15(2)9-11-17/h8-13,21H,7,14H2,1-6H3,(H,23,24,25)/t21-/m0/s1. The zero-order chi connectivity index (χ0) is 20.3. The van der Waals surface area contributed by atoms with E-state index in [0.29, 0.717) is 0 Å². The summed E-state index contributed by atoms with van der Waals surface area (Å²) in [5, 5.41) is 8.05. The van der Waals surface area contributed by atoms with Gasteiger partial charge in [0.05, 0.1) is 23.1 Å². The molecule has 1 atom stereocenters. The average molecular weight is 379 g/mol. The molecule has 0 saturated heterocycles. The molecule has 0 spiro atoms. The minimum Gasteiger partial charge on any atom is -0.368 e. The minimum atomic E-state index is 0.253. The fourth-order valence-electron chi connectivity index (χ4n) is 3.32. The van der Waals surface area contributed by atoms with Crippen molar-refractivity contribution in [2.45, 2.75) is 33.2 Å². The topological polar surface area (TPSA) is 58.9 Å². The third kappa shape index (κ3) is 4.57. The predicted molar refractivity (Wildman–Crippen MR) is 114 cm³/mol. The molecule has 148 valence electrons. The van der Waals surface area contributed by atoms with Crippen molar-refractivity contribution >= 4 is 5.82 Å². The third-order valence-corrected chi connectivity index (χ3v) is 4.96. The molecule has 0 aliphatic rings. The summed E-state index contributed by atoms with van der Waals surface area (Å²) in [5.41, 5.74) is 5.52.